The number of nitrogens with one attached hydrogen (secondary N) is 1. The van der Waals surface area contributed by atoms with Crippen LogP contribution in [0.15, 0.2) is 0 Å². The Balaban J connectivity index is 1.31. The Kier molecular flexibility index (Phi) is 6.39. The van der Waals surface area contributed by atoms with Crippen LogP contribution in [0.1, 0.15) is 44.9 Å². The van der Waals surface area contributed by atoms with Gasteiger partial charge < -0.3 is 20.0 Å². The Morgan fingerprint density at radius 1 is 1.08 bits per heavy atom. The maximum absolute atomic E-state index is 12.4. The molecule has 0 aromatic heterocycles. The number of hydrogen-bond donors (Lipinski definition) is 1. The molecule has 0 radical (unpaired) electrons. The Hall–Kier alpha value is -0.810. The molecule has 2 aliphatic carbocycles. The van der Waals surface area contributed by atoms with Gasteiger partial charge in [-0.1, -0.05) is 12.8 Å². The average Bonchev–Trinajstić information content (AvgIpc) is 3.42. The Morgan fingerprint density at radius 2 is 1.83 bits per heavy atom. The third-order valence-electron chi connectivity index (χ3n) is 6.24. The van der Waals surface area contributed by atoms with Crippen molar-refractivity contribution in [2.45, 2.75) is 51.0 Å². The summed E-state index contributed by atoms with van der Waals surface area (Å²) in [5, 5.41) is 3.29. The van der Waals surface area contributed by atoms with Crippen LogP contribution >= 0.6 is 0 Å². The molecule has 1 saturated heterocycles. The average molecular weight is 337 g/mol. The monoisotopic (exact) mass is 336 g/mol. The van der Waals surface area contributed by atoms with Crippen molar-refractivity contribution in [2.75, 3.05) is 53.4 Å². The smallest absolute Gasteiger partial charge is 0.317 e. The van der Waals surface area contributed by atoms with Crippen LogP contribution in [0.25, 0.3) is 0 Å². The molecule has 2 saturated carbocycles. The second-order valence-corrected chi connectivity index (χ2v) is 8.33. The second kappa shape index (κ2) is 8.52. The van der Waals surface area contributed by atoms with Crippen LogP contribution in [0.2, 0.25) is 0 Å². The normalized spacial score (nSPS) is 29.4. The second-order valence-electron chi connectivity index (χ2n) is 8.33. The highest BCUT2D eigenvalue weighted by Gasteiger charge is 2.35. The van der Waals surface area contributed by atoms with Gasteiger partial charge in [0.2, 0.25) is 0 Å². The summed E-state index contributed by atoms with van der Waals surface area (Å²) in [6.07, 6.45) is 8.99. The van der Waals surface area contributed by atoms with Crippen molar-refractivity contribution in [3.8, 4) is 0 Å². The molecule has 0 bridgehead atoms. The lowest BCUT2D eigenvalue weighted by Gasteiger charge is -2.33. The third-order valence-corrected chi connectivity index (χ3v) is 6.24. The van der Waals surface area contributed by atoms with Crippen LogP contribution in [0.4, 0.5) is 4.79 Å². The highest BCUT2D eigenvalue weighted by atomic mass is 16.2. The SMILES string of the molecule is CN1CCN(CCCN(C)C(=O)N[C@@H]2CCC[C@@H](C3CC3)C2)CC1. The molecule has 3 rings (SSSR count). The zero-order valence-corrected chi connectivity index (χ0v) is 15.7. The molecule has 3 fully saturated rings. The Morgan fingerprint density at radius 3 is 2.54 bits per heavy atom. The number of urea groups is 1. The van der Waals surface area contributed by atoms with Gasteiger partial charge in [0.05, 0.1) is 0 Å². The van der Waals surface area contributed by atoms with Crippen LogP contribution in [-0.2, 0) is 0 Å². The zero-order valence-electron chi connectivity index (χ0n) is 15.7. The molecule has 1 heterocycles. The van der Waals surface area contributed by atoms with Gasteiger partial charge in [0.15, 0.2) is 0 Å². The minimum atomic E-state index is 0.134. The molecule has 24 heavy (non-hydrogen) atoms. The molecule has 5 heteroatoms. The number of likely N-dealkylation sites (N-methyl/N-ethyl adjacent to an activating group) is 1. The van der Waals surface area contributed by atoms with Crippen molar-refractivity contribution in [2.24, 2.45) is 11.8 Å². The lowest BCUT2D eigenvalue weighted by molar-refractivity contribution is 0.147. The van der Waals surface area contributed by atoms with E-state index in [4.69, 9.17) is 0 Å². The molecule has 138 valence electrons. The van der Waals surface area contributed by atoms with Gasteiger partial charge in [-0.2, -0.15) is 0 Å². The molecule has 0 aromatic carbocycles. The maximum atomic E-state index is 12.4. The summed E-state index contributed by atoms with van der Waals surface area (Å²) in [4.78, 5) is 19.2. The number of carbonyl (C=O) groups is 1. The topological polar surface area (TPSA) is 38.8 Å². The van der Waals surface area contributed by atoms with Gasteiger partial charge in [-0.05, 0) is 57.5 Å². The number of amides is 2. The van der Waals surface area contributed by atoms with Crippen molar-refractivity contribution in [3.05, 3.63) is 0 Å². The van der Waals surface area contributed by atoms with Crippen molar-refractivity contribution >= 4 is 6.03 Å². The summed E-state index contributed by atoms with van der Waals surface area (Å²) >= 11 is 0. The summed E-state index contributed by atoms with van der Waals surface area (Å²) in [5.74, 6) is 1.86. The van der Waals surface area contributed by atoms with E-state index in [1.165, 1.54) is 51.6 Å². The maximum Gasteiger partial charge on any atom is 0.317 e. The molecule has 0 unspecified atom stereocenters. The number of carbonyl (C=O) groups excluding carboxylic acids is 1. The van der Waals surface area contributed by atoms with E-state index >= 15 is 0 Å². The van der Waals surface area contributed by atoms with Crippen LogP contribution in [0.5, 0.6) is 0 Å². The summed E-state index contributed by atoms with van der Waals surface area (Å²) < 4.78 is 0. The molecule has 1 N–H and O–H groups in total. The largest absolute Gasteiger partial charge is 0.335 e. The lowest BCUT2D eigenvalue weighted by Crippen LogP contribution is -2.47. The summed E-state index contributed by atoms with van der Waals surface area (Å²) in [6, 6.07) is 0.548. The van der Waals surface area contributed by atoms with E-state index in [0.717, 1.165) is 44.4 Å². The quantitative estimate of drug-likeness (QED) is 0.808. The third kappa shape index (κ3) is 5.35. The molecule has 0 spiro atoms. The van der Waals surface area contributed by atoms with E-state index in [1.807, 2.05) is 11.9 Å². The van der Waals surface area contributed by atoms with Crippen molar-refractivity contribution in [1.82, 2.24) is 20.0 Å². The molecule has 3 aliphatic rings. The van der Waals surface area contributed by atoms with E-state index in [0.29, 0.717) is 6.04 Å². The van der Waals surface area contributed by atoms with Gasteiger partial charge in [0.25, 0.3) is 0 Å². The fraction of sp³-hybridized carbons (Fsp3) is 0.947. The molecular weight excluding hydrogens is 300 g/mol. The first kappa shape index (κ1) is 18.0. The van der Waals surface area contributed by atoms with Crippen LogP contribution in [0.3, 0.4) is 0 Å². The van der Waals surface area contributed by atoms with Crippen LogP contribution in [0, 0.1) is 11.8 Å². The van der Waals surface area contributed by atoms with Crippen molar-refractivity contribution < 1.29 is 4.79 Å². The van der Waals surface area contributed by atoms with Crippen molar-refractivity contribution in [3.63, 3.8) is 0 Å². The van der Waals surface area contributed by atoms with Crippen LogP contribution in [-0.4, -0.2) is 80.1 Å². The number of hydrogen-bond acceptors (Lipinski definition) is 3. The van der Waals surface area contributed by atoms with E-state index in [2.05, 4.69) is 22.2 Å². The number of rotatable bonds is 6. The van der Waals surface area contributed by atoms with Gasteiger partial charge in [0, 0.05) is 45.8 Å². The van der Waals surface area contributed by atoms with Gasteiger partial charge in [-0.25, -0.2) is 4.79 Å². The molecule has 0 aromatic rings. The fourth-order valence-corrected chi connectivity index (χ4v) is 4.34. The summed E-state index contributed by atoms with van der Waals surface area (Å²) in [7, 11) is 4.13. The fourth-order valence-electron chi connectivity index (χ4n) is 4.34. The van der Waals surface area contributed by atoms with E-state index in [1.54, 1.807) is 0 Å². The first-order valence-electron chi connectivity index (χ1n) is 10.0. The highest BCUT2D eigenvalue weighted by Crippen LogP contribution is 2.43. The van der Waals surface area contributed by atoms with E-state index in [-0.39, 0.29) is 6.03 Å². The highest BCUT2D eigenvalue weighted by molar-refractivity contribution is 5.74. The molecular formula is C19H36N4O. The van der Waals surface area contributed by atoms with Gasteiger partial charge >= 0.3 is 6.03 Å². The van der Waals surface area contributed by atoms with E-state index < -0.39 is 0 Å². The Bertz CT molecular complexity index is 404. The van der Waals surface area contributed by atoms with Gasteiger partial charge in [-0.15, -0.1) is 0 Å². The molecule has 5 nitrogen and oxygen atoms in total. The number of nitrogens with zero attached hydrogens (tertiary/aromatic N) is 3. The minimum absolute atomic E-state index is 0.134. The minimum Gasteiger partial charge on any atom is -0.335 e. The molecule has 1 aliphatic heterocycles. The molecule has 2 atom stereocenters. The van der Waals surface area contributed by atoms with E-state index in [9.17, 15) is 4.79 Å². The Labute approximate surface area is 147 Å². The predicted molar refractivity (Wildman–Crippen MR) is 98.2 cm³/mol. The van der Waals surface area contributed by atoms with Gasteiger partial charge in [0.1, 0.15) is 0 Å². The van der Waals surface area contributed by atoms with Crippen molar-refractivity contribution in [1.29, 1.82) is 0 Å². The van der Waals surface area contributed by atoms with Crippen LogP contribution < -0.4 is 5.32 Å². The summed E-state index contributed by atoms with van der Waals surface area (Å²) in [5.41, 5.74) is 0. The first-order valence-corrected chi connectivity index (χ1v) is 10.0. The van der Waals surface area contributed by atoms with Gasteiger partial charge in [-0.3, -0.25) is 0 Å². The molecule has 2 amide bonds. The zero-order chi connectivity index (χ0) is 16.9. The summed E-state index contributed by atoms with van der Waals surface area (Å²) in [6.45, 7) is 6.63. The standard InChI is InChI=1S/C19H36N4O/c1-21-11-13-23(14-12-21)10-4-9-22(2)19(24)20-18-6-3-5-17(15-18)16-7-8-16/h16-18H,3-15H2,1-2H3,(H,20,24)/t17-,18-/m1/s1. The lowest BCUT2D eigenvalue weighted by atomic mass is 9.83. The first-order chi connectivity index (χ1) is 11.6. The predicted octanol–water partition coefficient (Wildman–Crippen LogP) is 2.23. The number of piperazine rings is 1.